The summed E-state index contributed by atoms with van der Waals surface area (Å²) in [5.74, 6) is 0. The summed E-state index contributed by atoms with van der Waals surface area (Å²) >= 11 is -11.2. The minimum atomic E-state index is -11.2. The SMILES string of the molecule is Cc1ccccc1C.[C-]1=CC=CC1.[F][Sb-]([F])([F])([F])([F])[F].[Fe+2]. The Kier molecular flexibility index (Phi) is 8.45. The van der Waals surface area contributed by atoms with E-state index in [2.05, 4.69) is 50.3 Å². The fourth-order valence-electron chi connectivity index (χ4n) is 1.00. The Morgan fingerprint density at radius 2 is 1.29 bits per heavy atom. The molecule has 0 saturated heterocycles. The van der Waals surface area contributed by atoms with E-state index in [0.29, 0.717) is 0 Å². The van der Waals surface area contributed by atoms with Crippen molar-refractivity contribution in [3.8, 4) is 0 Å². The zero-order chi connectivity index (χ0) is 15.9. The van der Waals surface area contributed by atoms with Crippen LogP contribution in [-0.4, -0.2) is 19.5 Å². The Morgan fingerprint density at radius 3 is 1.43 bits per heavy atom. The third-order valence-electron chi connectivity index (χ3n) is 2.01. The first-order chi connectivity index (χ1) is 8.75. The zero-order valence-electron chi connectivity index (χ0n) is 11.3. The number of allylic oxidation sites excluding steroid dienone is 4. The summed E-state index contributed by atoms with van der Waals surface area (Å²) in [6.07, 6.45) is 10.0. The van der Waals surface area contributed by atoms with Gasteiger partial charge in [-0.2, -0.15) is 6.08 Å². The molecule has 21 heavy (non-hydrogen) atoms. The van der Waals surface area contributed by atoms with E-state index in [0.717, 1.165) is 6.42 Å². The van der Waals surface area contributed by atoms with Crippen molar-refractivity contribution in [2.75, 3.05) is 0 Å². The van der Waals surface area contributed by atoms with Crippen LogP contribution in [0.3, 0.4) is 0 Å². The van der Waals surface area contributed by atoms with E-state index in [1.807, 2.05) is 12.2 Å². The van der Waals surface area contributed by atoms with Crippen molar-refractivity contribution in [2.45, 2.75) is 20.3 Å². The van der Waals surface area contributed by atoms with Crippen LogP contribution in [0.2, 0.25) is 0 Å². The van der Waals surface area contributed by atoms with Crippen molar-refractivity contribution in [1.82, 2.24) is 0 Å². The van der Waals surface area contributed by atoms with Gasteiger partial charge in [-0.25, -0.2) is 12.2 Å². The molecule has 0 nitrogen and oxygen atoms in total. The molecule has 0 heterocycles. The zero-order valence-corrected chi connectivity index (χ0v) is 15.0. The summed E-state index contributed by atoms with van der Waals surface area (Å²) in [6.45, 7) is 4.24. The molecule has 1 aromatic carbocycles. The Balaban J connectivity index is 0. The van der Waals surface area contributed by atoms with E-state index in [1.54, 1.807) is 0 Å². The fourth-order valence-corrected chi connectivity index (χ4v) is 1.00. The first kappa shape index (κ1) is 22.9. The van der Waals surface area contributed by atoms with Crippen LogP contribution < -0.4 is 0 Å². The van der Waals surface area contributed by atoms with Gasteiger partial charge in [0.15, 0.2) is 0 Å². The van der Waals surface area contributed by atoms with Gasteiger partial charge in [-0.15, -0.1) is 6.42 Å². The van der Waals surface area contributed by atoms with Crippen LogP contribution in [0.15, 0.2) is 42.5 Å². The van der Waals surface area contributed by atoms with Gasteiger partial charge in [0, 0.05) is 0 Å². The van der Waals surface area contributed by atoms with Crippen LogP contribution >= 0.6 is 0 Å². The van der Waals surface area contributed by atoms with E-state index in [4.69, 9.17) is 0 Å². The molecule has 0 saturated carbocycles. The second-order valence-electron chi connectivity index (χ2n) is 4.05. The third-order valence-corrected chi connectivity index (χ3v) is 2.01. The summed E-state index contributed by atoms with van der Waals surface area (Å²) in [4.78, 5) is 0. The monoisotopic (exact) mass is 462 g/mol. The van der Waals surface area contributed by atoms with Gasteiger partial charge >= 0.3 is 53.4 Å². The Labute approximate surface area is 133 Å². The van der Waals surface area contributed by atoms with Crippen molar-refractivity contribution >= 4 is 19.5 Å². The van der Waals surface area contributed by atoms with Gasteiger partial charge in [0.05, 0.1) is 0 Å². The molecule has 122 valence electrons. The number of hydrogen-bond donors (Lipinski definition) is 0. The van der Waals surface area contributed by atoms with Gasteiger partial charge in [0.1, 0.15) is 0 Å². The molecule has 1 aromatic rings. The summed E-state index contributed by atoms with van der Waals surface area (Å²) in [5.41, 5.74) is 2.74. The molecule has 1 aliphatic carbocycles. The molecule has 0 fully saturated rings. The second-order valence-corrected chi connectivity index (χ2v) is 9.52. The predicted octanol–water partition coefficient (Wildman–Crippen LogP) is 5.75. The maximum atomic E-state index is 9.93. The third kappa shape index (κ3) is 25.0. The van der Waals surface area contributed by atoms with E-state index < -0.39 is 19.5 Å². The number of benzene rings is 1. The number of halogens is 6. The van der Waals surface area contributed by atoms with Gasteiger partial charge < -0.3 is 0 Å². The van der Waals surface area contributed by atoms with Crippen molar-refractivity contribution in [3.05, 3.63) is 59.7 Å². The molecule has 8 heteroatoms. The van der Waals surface area contributed by atoms with E-state index in [-0.39, 0.29) is 17.1 Å². The van der Waals surface area contributed by atoms with Gasteiger partial charge in [0.25, 0.3) is 0 Å². The average molecular weight is 463 g/mol. The van der Waals surface area contributed by atoms with Crippen molar-refractivity contribution in [2.24, 2.45) is 0 Å². The minimum absolute atomic E-state index is 0. The minimum Gasteiger partial charge on any atom is 2.00 e. The summed E-state index contributed by atoms with van der Waals surface area (Å²) in [6, 6.07) is 8.36. The Hall–Kier alpha value is -0.382. The molecular formula is C13H15F6FeSb. The van der Waals surface area contributed by atoms with Crippen molar-refractivity contribution < 1.29 is 33.9 Å². The quantitative estimate of drug-likeness (QED) is 0.262. The molecule has 0 spiro atoms. The first-order valence-electron chi connectivity index (χ1n) is 5.56. The second kappa shape index (κ2) is 7.75. The molecule has 0 aromatic heterocycles. The molecule has 0 bridgehead atoms. The van der Waals surface area contributed by atoms with E-state index in [1.165, 1.54) is 11.1 Å². The maximum absolute atomic E-state index is 11.2. The molecule has 2 rings (SSSR count). The van der Waals surface area contributed by atoms with Crippen LogP contribution in [-0.2, 0) is 17.1 Å². The Bertz CT molecular complexity index is 448. The largest absolute Gasteiger partial charge is 2.00 e. The van der Waals surface area contributed by atoms with Crippen LogP contribution in [0, 0.1) is 19.9 Å². The molecule has 0 atom stereocenters. The van der Waals surface area contributed by atoms with Gasteiger partial charge in [0.2, 0.25) is 0 Å². The molecule has 0 N–H and O–H groups in total. The Morgan fingerprint density at radius 1 is 0.905 bits per heavy atom. The van der Waals surface area contributed by atoms with Gasteiger partial charge in [-0.3, -0.25) is 6.08 Å². The summed E-state index contributed by atoms with van der Waals surface area (Å²) < 4.78 is 59.6. The molecule has 0 unspecified atom stereocenters. The van der Waals surface area contributed by atoms with Crippen LogP contribution in [0.1, 0.15) is 17.5 Å². The smallest absolute Gasteiger partial charge is 2.00 e. The standard InChI is InChI=1S/C8H10.C5H5.6FH.Fe.Sb/c1-7-5-3-4-6-8(7)2;1-2-4-5-3-1;;;;;;;;/h3-6H,1-2H3;1-3H,4H2;6*1H;;/q;-1;;;;;;;+2;+5/p-6. The summed E-state index contributed by atoms with van der Waals surface area (Å²) in [5, 5.41) is 0. The average Bonchev–Trinajstić information content (AvgIpc) is 2.76. The summed E-state index contributed by atoms with van der Waals surface area (Å²) in [7, 11) is 0. The predicted molar refractivity (Wildman–Crippen MR) is 69.9 cm³/mol. The number of aryl methyl sites for hydroxylation is 2. The first-order valence-corrected chi connectivity index (χ1v) is 11.3. The molecule has 0 aliphatic heterocycles. The topological polar surface area (TPSA) is 0 Å². The molecule has 1 aliphatic rings. The fraction of sp³-hybridized carbons (Fsp3) is 0.231. The van der Waals surface area contributed by atoms with Crippen molar-refractivity contribution in [1.29, 1.82) is 0 Å². The van der Waals surface area contributed by atoms with Gasteiger partial charge in [-0.1, -0.05) is 24.3 Å². The molecule has 0 amide bonds. The normalized spacial score (nSPS) is 15.4. The van der Waals surface area contributed by atoms with E-state index >= 15 is 0 Å². The van der Waals surface area contributed by atoms with Crippen LogP contribution in [0.25, 0.3) is 0 Å². The molecule has 0 radical (unpaired) electrons. The number of hydrogen-bond acceptors (Lipinski definition) is 0. The van der Waals surface area contributed by atoms with Crippen LogP contribution in [0.5, 0.6) is 0 Å². The molecular weight excluding hydrogens is 448 g/mol. The van der Waals surface area contributed by atoms with Gasteiger partial charge in [-0.05, 0) is 25.0 Å². The number of rotatable bonds is 0. The van der Waals surface area contributed by atoms with E-state index in [9.17, 15) is 16.9 Å². The van der Waals surface area contributed by atoms with Crippen LogP contribution in [0.4, 0.5) is 16.9 Å². The maximum Gasteiger partial charge on any atom is 2.00 e. The van der Waals surface area contributed by atoms with Crippen molar-refractivity contribution in [3.63, 3.8) is 0 Å².